The Balaban J connectivity index is 1.59. The van der Waals surface area contributed by atoms with E-state index in [-0.39, 0.29) is 30.1 Å². The number of nitrogens with one attached hydrogen (secondary N) is 1. The normalized spacial score (nSPS) is 17.0. The molecule has 120 valence electrons. The van der Waals surface area contributed by atoms with Crippen molar-refractivity contribution in [3.8, 4) is 11.8 Å². The van der Waals surface area contributed by atoms with Gasteiger partial charge in [0, 0.05) is 13.2 Å². The molecule has 1 fully saturated rings. The van der Waals surface area contributed by atoms with E-state index in [2.05, 4.69) is 10.3 Å². The average molecular weight is 317 g/mol. The van der Waals surface area contributed by atoms with Crippen LogP contribution in [0.4, 0.5) is 10.3 Å². The van der Waals surface area contributed by atoms with Crippen molar-refractivity contribution < 1.29 is 18.3 Å². The minimum absolute atomic E-state index is 0.0575. The maximum absolute atomic E-state index is 12.8. The average Bonchev–Trinajstić information content (AvgIpc) is 3.21. The van der Waals surface area contributed by atoms with Gasteiger partial charge in [-0.1, -0.05) is 0 Å². The van der Waals surface area contributed by atoms with E-state index in [1.807, 2.05) is 6.07 Å². The van der Waals surface area contributed by atoms with Gasteiger partial charge in [-0.25, -0.2) is 4.39 Å². The first-order chi connectivity index (χ1) is 11.2. The molecule has 2 heterocycles. The van der Waals surface area contributed by atoms with Crippen LogP contribution in [0.25, 0.3) is 0 Å². The highest BCUT2D eigenvalue weighted by atomic mass is 19.1. The van der Waals surface area contributed by atoms with Crippen LogP contribution in [0.5, 0.6) is 5.75 Å². The predicted molar refractivity (Wildman–Crippen MR) is 79.4 cm³/mol. The Labute approximate surface area is 132 Å². The van der Waals surface area contributed by atoms with E-state index in [1.54, 1.807) is 0 Å². The molecule has 0 radical (unpaired) electrons. The standard InChI is InChI=1S/C16H16FN3O3/c17-11-3-5-12(6-4-11)22-10-15-20-14(8-18)16(23-15)19-9-13-2-1-7-21-13/h3-6,13,19H,1-2,7,9-10H2/t13-/m1/s1. The number of benzene rings is 1. The van der Waals surface area contributed by atoms with Crippen LogP contribution in [0.15, 0.2) is 28.7 Å². The van der Waals surface area contributed by atoms with Gasteiger partial charge >= 0.3 is 0 Å². The maximum Gasteiger partial charge on any atom is 0.236 e. The Morgan fingerprint density at radius 2 is 2.22 bits per heavy atom. The van der Waals surface area contributed by atoms with Crippen LogP contribution in [0.2, 0.25) is 0 Å². The highest BCUT2D eigenvalue weighted by molar-refractivity contribution is 5.45. The quantitative estimate of drug-likeness (QED) is 0.882. The van der Waals surface area contributed by atoms with Crippen LogP contribution < -0.4 is 10.1 Å². The summed E-state index contributed by atoms with van der Waals surface area (Å²) in [5.41, 5.74) is 0.181. The molecular weight excluding hydrogens is 301 g/mol. The molecule has 0 amide bonds. The fourth-order valence-corrected chi connectivity index (χ4v) is 2.31. The van der Waals surface area contributed by atoms with Crippen molar-refractivity contribution in [3.05, 3.63) is 41.7 Å². The summed E-state index contributed by atoms with van der Waals surface area (Å²) in [5.74, 6) is 0.763. The van der Waals surface area contributed by atoms with Crippen molar-refractivity contribution in [2.45, 2.75) is 25.6 Å². The number of oxazole rings is 1. The van der Waals surface area contributed by atoms with E-state index in [9.17, 15) is 4.39 Å². The fourth-order valence-electron chi connectivity index (χ4n) is 2.31. The van der Waals surface area contributed by atoms with Gasteiger partial charge in [0.05, 0.1) is 6.10 Å². The summed E-state index contributed by atoms with van der Waals surface area (Å²) in [6.07, 6.45) is 2.17. The number of rotatable bonds is 6. The van der Waals surface area contributed by atoms with E-state index in [0.717, 1.165) is 19.4 Å². The Kier molecular flexibility index (Phi) is 4.74. The number of hydrogen-bond donors (Lipinski definition) is 1. The minimum atomic E-state index is -0.333. The van der Waals surface area contributed by atoms with Crippen LogP contribution in [0, 0.1) is 17.1 Å². The zero-order valence-corrected chi connectivity index (χ0v) is 12.4. The van der Waals surface area contributed by atoms with Crippen LogP contribution >= 0.6 is 0 Å². The summed E-state index contributed by atoms with van der Waals surface area (Å²) in [6.45, 7) is 1.40. The minimum Gasteiger partial charge on any atom is -0.484 e. The molecule has 23 heavy (non-hydrogen) atoms. The Bertz CT molecular complexity index is 688. The van der Waals surface area contributed by atoms with Gasteiger partial charge in [-0.2, -0.15) is 10.2 Å². The summed E-state index contributed by atoms with van der Waals surface area (Å²) < 4.78 is 29.3. The number of hydrogen-bond acceptors (Lipinski definition) is 6. The third-order valence-corrected chi connectivity index (χ3v) is 3.47. The van der Waals surface area contributed by atoms with Crippen molar-refractivity contribution in [1.29, 1.82) is 5.26 Å². The Morgan fingerprint density at radius 3 is 2.91 bits per heavy atom. The summed E-state index contributed by atoms with van der Waals surface area (Å²) in [4.78, 5) is 4.08. The molecule has 3 rings (SSSR count). The smallest absolute Gasteiger partial charge is 0.236 e. The van der Waals surface area contributed by atoms with Gasteiger partial charge in [-0.3, -0.25) is 0 Å². The SMILES string of the molecule is N#Cc1nc(COc2ccc(F)cc2)oc1NC[C@H]1CCCO1. The van der Waals surface area contributed by atoms with Crippen molar-refractivity contribution in [3.63, 3.8) is 0 Å². The summed E-state index contributed by atoms with van der Waals surface area (Å²) >= 11 is 0. The van der Waals surface area contributed by atoms with Crippen LogP contribution in [0.3, 0.4) is 0 Å². The van der Waals surface area contributed by atoms with Crippen molar-refractivity contribution in [2.75, 3.05) is 18.5 Å². The van der Waals surface area contributed by atoms with E-state index in [0.29, 0.717) is 18.2 Å². The van der Waals surface area contributed by atoms with Gasteiger partial charge in [0.15, 0.2) is 6.61 Å². The lowest BCUT2D eigenvalue weighted by Crippen LogP contribution is -2.18. The molecule has 1 aromatic heterocycles. The molecule has 7 heteroatoms. The zero-order valence-electron chi connectivity index (χ0n) is 12.4. The van der Waals surface area contributed by atoms with Gasteiger partial charge in [0.25, 0.3) is 0 Å². The van der Waals surface area contributed by atoms with Gasteiger partial charge < -0.3 is 19.2 Å². The molecule has 1 N–H and O–H groups in total. The van der Waals surface area contributed by atoms with E-state index in [1.165, 1.54) is 24.3 Å². The molecule has 1 aromatic carbocycles. The van der Waals surface area contributed by atoms with Gasteiger partial charge in [-0.05, 0) is 37.1 Å². The summed E-state index contributed by atoms with van der Waals surface area (Å²) in [7, 11) is 0. The van der Waals surface area contributed by atoms with E-state index in [4.69, 9.17) is 19.2 Å². The number of nitriles is 1. The molecule has 6 nitrogen and oxygen atoms in total. The highest BCUT2D eigenvalue weighted by Gasteiger charge is 2.18. The highest BCUT2D eigenvalue weighted by Crippen LogP contribution is 2.20. The third kappa shape index (κ3) is 3.99. The predicted octanol–water partition coefficient (Wildman–Crippen LogP) is 2.86. The zero-order chi connectivity index (χ0) is 16.1. The monoisotopic (exact) mass is 317 g/mol. The van der Waals surface area contributed by atoms with Gasteiger partial charge in [0.2, 0.25) is 17.5 Å². The lowest BCUT2D eigenvalue weighted by Gasteiger charge is -2.09. The first-order valence-corrected chi connectivity index (χ1v) is 7.38. The van der Waals surface area contributed by atoms with Crippen molar-refractivity contribution in [2.24, 2.45) is 0 Å². The Hall–Kier alpha value is -2.59. The molecule has 1 saturated heterocycles. The van der Waals surface area contributed by atoms with Crippen molar-refractivity contribution in [1.82, 2.24) is 4.98 Å². The number of ether oxygens (including phenoxy) is 2. The summed E-state index contributed by atoms with van der Waals surface area (Å²) in [6, 6.07) is 7.62. The van der Waals surface area contributed by atoms with Crippen LogP contribution in [0.1, 0.15) is 24.4 Å². The van der Waals surface area contributed by atoms with Gasteiger partial charge in [-0.15, -0.1) is 0 Å². The first-order valence-electron chi connectivity index (χ1n) is 7.38. The topological polar surface area (TPSA) is 80.3 Å². The molecule has 2 aromatic rings. The van der Waals surface area contributed by atoms with E-state index >= 15 is 0 Å². The molecule has 0 spiro atoms. The van der Waals surface area contributed by atoms with E-state index < -0.39 is 0 Å². The number of nitrogens with zero attached hydrogens (tertiary/aromatic N) is 2. The number of halogens is 1. The molecule has 0 saturated carbocycles. The van der Waals surface area contributed by atoms with Crippen LogP contribution in [-0.2, 0) is 11.3 Å². The molecule has 1 atom stereocenters. The van der Waals surface area contributed by atoms with Crippen LogP contribution in [-0.4, -0.2) is 24.2 Å². The Morgan fingerprint density at radius 1 is 1.39 bits per heavy atom. The molecule has 0 bridgehead atoms. The first kappa shape index (κ1) is 15.3. The maximum atomic E-state index is 12.8. The second kappa shape index (κ2) is 7.11. The van der Waals surface area contributed by atoms with Crippen molar-refractivity contribution >= 4 is 5.88 Å². The lowest BCUT2D eigenvalue weighted by atomic mass is 10.2. The second-order valence-corrected chi connectivity index (χ2v) is 5.16. The largest absolute Gasteiger partial charge is 0.484 e. The second-order valence-electron chi connectivity index (χ2n) is 5.16. The molecule has 1 aliphatic rings. The lowest BCUT2D eigenvalue weighted by molar-refractivity contribution is 0.120. The van der Waals surface area contributed by atoms with Gasteiger partial charge in [0.1, 0.15) is 17.6 Å². The fraction of sp³-hybridized carbons (Fsp3) is 0.375. The molecule has 0 aliphatic carbocycles. The number of aromatic nitrogens is 1. The third-order valence-electron chi connectivity index (χ3n) is 3.47. The molecule has 1 aliphatic heterocycles. The number of anilines is 1. The molecular formula is C16H16FN3O3. The molecule has 0 unspecified atom stereocenters. The summed E-state index contributed by atoms with van der Waals surface area (Å²) in [5, 5.41) is 12.2.